The van der Waals surface area contributed by atoms with Crippen LogP contribution in [0.2, 0.25) is 5.02 Å². The summed E-state index contributed by atoms with van der Waals surface area (Å²) in [7, 11) is 5.21. The van der Waals surface area contributed by atoms with Gasteiger partial charge in [0, 0.05) is 32.8 Å². The third-order valence-corrected chi connectivity index (χ3v) is 3.53. The summed E-state index contributed by atoms with van der Waals surface area (Å²) in [6, 6.07) is 0. The molecule has 0 saturated heterocycles. The first-order valence-corrected chi connectivity index (χ1v) is 6.75. The van der Waals surface area contributed by atoms with E-state index in [4.69, 9.17) is 11.6 Å². The molecule has 20 heavy (non-hydrogen) atoms. The van der Waals surface area contributed by atoms with E-state index in [-0.39, 0.29) is 11.3 Å². The average molecular weight is 295 g/mol. The Kier molecular flexibility index (Phi) is 3.50. The van der Waals surface area contributed by atoms with Gasteiger partial charge in [0.15, 0.2) is 5.65 Å². The molecule has 2 aromatic rings. The first kappa shape index (κ1) is 14.8. The molecule has 0 unspecified atom stereocenters. The lowest BCUT2D eigenvalue weighted by atomic mass is 9.90. The van der Waals surface area contributed by atoms with Gasteiger partial charge in [-0.2, -0.15) is 5.10 Å². The van der Waals surface area contributed by atoms with Crippen molar-refractivity contribution in [1.82, 2.24) is 19.7 Å². The lowest BCUT2D eigenvalue weighted by Crippen LogP contribution is -2.22. The predicted octanol–water partition coefficient (Wildman–Crippen LogP) is 2.62. The van der Waals surface area contributed by atoms with Gasteiger partial charge in [0.1, 0.15) is 0 Å². The van der Waals surface area contributed by atoms with Crippen LogP contribution in [0, 0.1) is 0 Å². The quantitative estimate of drug-likeness (QED) is 0.812. The molecular weight excluding hydrogens is 276 g/mol. The van der Waals surface area contributed by atoms with Crippen LogP contribution < -0.4 is 0 Å². The molecule has 1 amide bonds. The molecule has 0 radical (unpaired) electrons. The van der Waals surface area contributed by atoms with Crippen LogP contribution in [-0.2, 0) is 12.5 Å². The second-order valence-corrected chi connectivity index (χ2v) is 6.48. The topological polar surface area (TPSA) is 51.0 Å². The molecule has 0 aliphatic heterocycles. The molecule has 0 bridgehead atoms. The number of fused-ring (bicyclic) bond motifs is 1. The van der Waals surface area contributed by atoms with Gasteiger partial charge >= 0.3 is 0 Å². The molecule has 0 atom stereocenters. The Balaban J connectivity index is 2.81. The van der Waals surface area contributed by atoms with Gasteiger partial charge < -0.3 is 4.90 Å². The normalized spacial score (nSPS) is 11.9. The lowest BCUT2D eigenvalue weighted by molar-refractivity contribution is 0.0827. The molecule has 0 N–H and O–H groups in total. The van der Waals surface area contributed by atoms with Crippen LogP contribution in [0.3, 0.4) is 0 Å². The van der Waals surface area contributed by atoms with Crippen molar-refractivity contribution >= 4 is 28.5 Å². The molecule has 0 saturated carbocycles. The minimum atomic E-state index is -0.176. The zero-order chi connectivity index (χ0) is 15.2. The second-order valence-electron chi connectivity index (χ2n) is 6.11. The van der Waals surface area contributed by atoms with Crippen LogP contribution in [0.15, 0.2) is 6.20 Å². The van der Waals surface area contributed by atoms with Crippen molar-refractivity contribution < 1.29 is 4.79 Å². The molecule has 0 aliphatic rings. The van der Waals surface area contributed by atoms with E-state index in [0.717, 1.165) is 11.1 Å². The van der Waals surface area contributed by atoms with E-state index >= 15 is 0 Å². The Bertz CT molecular complexity index is 683. The summed E-state index contributed by atoms with van der Waals surface area (Å²) in [6.45, 7) is 6.18. The number of carbonyl (C=O) groups is 1. The highest BCUT2D eigenvalue weighted by atomic mass is 35.5. The van der Waals surface area contributed by atoms with Crippen LogP contribution in [-0.4, -0.2) is 39.7 Å². The van der Waals surface area contributed by atoms with Gasteiger partial charge in [0.2, 0.25) is 0 Å². The molecule has 0 spiro atoms. The summed E-state index contributed by atoms with van der Waals surface area (Å²) in [5, 5.41) is 5.69. The minimum Gasteiger partial charge on any atom is -0.345 e. The molecule has 0 aromatic carbocycles. The third kappa shape index (κ3) is 2.26. The van der Waals surface area contributed by atoms with Gasteiger partial charge in [-0.05, 0) is 0 Å². The number of hydrogen-bond acceptors (Lipinski definition) is 3. The second kappa shape index (κ2) is 4.74. The van der Waals surface area contributed by atoms with Crippen molar-refractivity contribution in [2.75, 3.05) is 14.1 Å². The van der Waals surface area contributed by atoms with Gasteiger partial charge in [-0.25, -0.2) is 4.98 Å². The predicted molar refractivity (Wildman–Crippen MR) is 80.2 cm³/mol. The Morgan fingerprint density at radius 2 is 1.95 bits per heavy atom. The highest BCUT2D eigenvalue weighted by molar-refractivity contribution is 6.38. The zero-order valence-electron chi connectivity index (χ0n) is 12.7. The van der Waals surface area contributed by atoms with Gasteiger partial charge in [-0.3, -0.25) is 9.48 Å². The number of aromatic nitrogens is 3. The number of amides is 1. The standard InChI is InChI=1S/C14H19ClN4O/c1-14(2,3)11-9-10(15)8(13(20)18(4)5)7-16-12(9)19(6)17-11/h7H,1-6H3. The number of aryl methyl sites for hydroxylation is 1. The monoisotopic (exact) mass is 294 g/mol. The Morgan fingerprint density at radius 3 is 2.45 bits per heavy atom. The summed E-state index contributed by atoms with van der Waals surface area (Å²) < 4.78 is 1.70. The van der Waals surface area contributed by atoms with Crippen LogP contribution in [0.4, 0.5) is 0 Å². The van der Waals surface area contributed by atoms with E-state index in [9.17, 15) is 4.79 Å². The summed E-state index contributed by atoms with van der Waals surface area (Å²) in [5.74, 6) is -0.159. The maximum atomic E-state index is 12.2. The Hall–Kier alpha value is -1.62. The van der Waals surface area contributed by atoms with Gasteiger partial charge in [-0.15, -0.1) is 0 Å². The van der Waals surface area contributed by atoms with Gasteiger partial charge in [0.25, 0.3) is 5.91 Å². The van der Waals surface area contributed by atoms with E-state index in [1.54, 1.807) is 18.8 Å². The SMILES string of the molecule is CN(C)C(=O)c1cnc2c(c(C(C)(C)C)nn2C)c1Cl. The van der Waals surface area contributed by atoms with E-state index in [0.29, 0.717) is 16.2 Å². The molecule has 0 fully saturated rings. The number of carbonyl (C=O) groups excluding carboxylic acids is 1. The molecule has 6 heteroatoms. The third-order valence-electron chi connectivity index (χ3n) is 3.14. The van der Waals surface area contributed by atoms with Gasteiger partial charge in [-0.1, -0.05) is 32.4 Å². The van der Waals surface area contributed by atoms with Crippen LogP contribution >= 0.6 is 11.6 Å². The first-order chi connectivity index (χ1) is 9.14. The van der Waals surface area contributed by atoms with Crippen molar-refractivity contribution in [3.05, 3.63) is 22.5 Å². The molecule has 2 rings (SSSR count). The van der Waals surface area contributed by atoms with E-state index < -0.39 is 0 Å². The summed E-state index contributed by atoms with van der Waals surface area (Å²) in [5.41, 5.74) is 1.77. The summed E-state index contributed by atoms with van der Waals surface area (Å²) in [4.78, 5) is 18.0. The van der Waals surface area contributed by atoms with Crippen LogP contribution in [0.25, 0.3) is 11.0 Å². The number of nitrogens with zero attached hydrogens (tertiary/aromatic N) is 4. The number of halogens is 1. The summed E-state index contributed by atoms with van der Waals surface area (Å²) >= 11 is 6.46. The fourth-order valence-corrected chi connectivity index (χ4v) is 2.40. The number of pyridine rings is 1. The van der Waals surface area contributed by atoms with Crippen molar-refractivity contribution in [3.63, 3.8) is 0 Å². The summed E-state index contributed by atoms with van der Waals surface area (Å²) in [6.07, 6.45) is 1.52. The zero-order valence-corrected chi connectivity index (χ0v) is 13.4. The smallest absolute Gasteiger partial charge is 0.256 e. The number of hydrogen-bond donors (Lipinski definition) is 0. The fraction of sp³-hybridized carbons (Fsp3) is 0.500. The largest absolute Gasteiger partial charge is 0.345 e. The lowest BCUT2D eigenvalue weighted by Gasteiger charge is -2.17. The van der Waals surface area contributed by atoms with Crippen molar-refractivity contribution in [1.29, 1.82) is 0 Å². The maximum Gasteiger partial charge on any atom is 0.256 e. The van der Waals surface area contributed by atoms with Crippen molar-refractivity contribution in [2.24, 2.45) is 7.05 Å². The van der Waals surface area contributed by atoms with Gasteiger partial charge in [0.05, 0.1) is 21.7 Å². The van der Waals surface area contributed by atoms with Crippen molar-refractivity contribution in [2.45, 2.75) is 26.2 Å². The molecule has 5 nitrogen and oxygen atoms in total. The maximum absolute atomic E-state index is 12.2. The molecule has 108 valence electrons. The van der Waals surface area contributed by atoms with E-state index in [1.807, 2.05) is 7.05 Å². The molecule has 2 heterocycles. The molecule has 2 aromatic heterocycles. The van der Waals surface area contributed by atoms with Crippen molar-refractivity contribution in [3.8, 4) is 0 Å². The minimum absolute atomic E-state index is 0.159. The Morgan fingerprint density at radius 1 is 1.35 bits per heavy atom. The average Bonchev–Trinajstić information content (AvgIpc) is 2.67. The van der Waals surface area contributed by atoms with E-state index in [1.165, 1.54) is 11.1 Å². The first-order valence-electron chi connectivity index (χ1n) is 6.38. The molecule has 0 aliphatic carbocycles. The Labute approximate surface area is 123 Å². The van der Waals surface area contributed by atoms with Crippen LogP contribution in [0.5, 0.6) is 0 Å². The molecular formula is C14H19ClN4O. The fourth-order valence-electron chi connectivity index (χ4n) is 2.10. The highest BCUT2D eigenvalue weighted by Crippen LogP contribution is 2.34. The number of rotatable bonds is 1. The highest BCUT2D eigenvalue weighted by Gasteiger charge is 2.26. The van der Waals surface area contributed by atoms with E-state index in [2.05, 4.69) is 30.9 Å². The van der Waals surface area contributed by atoms with Crippen LogP contribution in [0.1, 0.15) is 36.8 Å².